The summed E-state index contributed by atoms with van der Waals surface area (Å²) in [6.45, 7) is 2.91. The Bertz CT molecular complexity index is 434. The van der Waals surface area contributed by atoms with Gasteiger partial charge in [0.1, 0.15) is 11.5 Å². The minimum Gasteiger partial charge on any atom is -0.465 e. The van der Waals surface area contributed by atoms with Crippen LogP contribution in [0.5, 0.6) is 0 Å². The van der Waals surface area contributed by atoms with E-state index in [9.17, 15) is 0 Å². The van der Waals surface area contributed by atoms with Crippen LogP contribution in [0.15, 0.2) is 16.5 Å². The quantitative estimate of drug-likeness (QED) is 0.925. The van der Waals surface area contributed by atoms with E-state index in [1.54, 1.807) is 0 Å². The maximum atomic E-state index is 6.20. The highest BCUT2D eigenvalue weighted by atomic mass is 32.2. The molecular weight excluding hydrogens is 270 g/mol. The number of rotatable bonds is 3. The molecule has 0 amide bonds. The van der Waals surface area contributed by atoms with Crippen LogP contribution in [0.4, 0.5) is 0 Å². The van der Waals surface area contributed by atoms with Crippen molar-refractivity contribution in [1.29, 1.82) is 0 Å². The third kappa shape index (κ3) is 2.92. The fourth-order valence-corrected chi connectivity index (χ4v) is 4.91. The Morgan fingerprint density at radius 3 is 2.80 bits per heavy atom. The van der Waals surface area contributed by atoms with E-state index in [-0.39, 0.29) is 5.60 Å². The molecule has 1 aromatic heterocycles. The van der Waals surface area contributed by atoms with Gasteiger partial charge in [-0.15, -0.1) is 0 Å². The average molecular weight is 295 g/mol. The molecule has 3 heterocycles. The molecule has 2 aliphatic rings. The zero-order valence-electron chi connectivity index (χ0n) is 12.5. The minimum absolute atomic E-state index is 0.144. The molecular formula is C16H25NO2S. The lowest BCUT2D eigenvalue weighted by Crippen LogP contribution is -2.45. The highest BCUT2D eigenvalue weighted by Crippen LogP contribution is 2.43. The molecule has 20 heavy (non-hydrogen) atoms. The molecule has 1 spiro atoms. The van der Waals surface area contributed by atoms with Crippen LogP contribution in [0.2, 0.25) is 0 Å². The number of nitrogens with one attached hydrogen (secondary N) is 1. The Labute approximate surface area is 125 Å². The van der Waals surface area contributed by atoms with Crippen LogP contribution in [0, 0.1) is 12.8 Å². The predicted molar refractivity (Wildman–Crippen MR) is 83.2 cm³/mol. The van der Waals surface area contributed by atoms with Gasteiger partial charge in [-0.25, -0.2) is 0 Å². The summed E-state index contributed by atoms with van der Waals surface area (Å²) in [5, 5.41) is 3.47. The monoisotopic (exact) mass is 295 g/mol. The summed E-state index contributed by atoms with van der Waals surface area (Å²) < 4.78 is 12.1. The lowest BCUT2D eigenvalue weighted by molar-refractivity contribution is -0.108. The second-order valence-corrected chi connectivity index (χ2v) is 7.34. The number of furan rings is 1. The number of ether oxygens (including phenoxy) is 1. The van der Waals surface area contributed by atoms with Gasteiger partial charge in [-0.3, -0.25) is 0 Å². The van der Waals surface area contributed by atoms with Crippen molar-refractivity contribution in [3.63, 3.8) is 0 Å². The van der Waals surface area contributed by atoms with Gasteiger partial charge < -0.3 is 14.5 Å². The topological polar surface area (TPSA) is 34.4 Å². The van der Waals surface area contributed by atoms with Gasteiger partial charge in [0.25, 0.3) is 0 Å². The molecule has 0 aromatic carbocycles. The number of aryl methyl sites for hydroxylation is 1. The Morgan fingerprint density at radius 2 is 2.15 bits per heavy atom. The molecule has 1 N–H and O–H groups in total. The molecule has 0 aliphatic carbocycles. The van der Waals surface area contributed by atoms with E-state index < -0.39 is 0 Å². The smallest absolute Gasteiger partial charge is 0.121 e. The first-order valence-electron chi connectivity index (χ1n) is 7.68. The van der Waals surface area contributed by atoms with Crippen LogP contribution in [-0.4, -0.2) is 30.8 Å². The van der Waals surface area contributed by atoms with Gasteiger partial charge in [-0.05, 0) is 69.2 Å². The fraction of sp³-hybridized carbons (Fsp3) is 0.750. The zero-order chi connectivity index (χ0) is 14.0. The van der Waals surface area contributed by atoms with E-state index in [4.69, 9.17) is 9.15 Å². The van der Waals surface area contributed by atoms with Gasteiger partial charge in [0, 0.05) is 6.61 Å². The summed E-state index contributed by atoms with van der Waals surface area (Å²) in [5.41, 5.74) is 0.144. The van der Waals surface area contributed by atoms with Gasteiger partial charge in [0.05, 0.1) is 11.6 Å². The maximum Gasteiger partial charge on any atom is 0.121 e. The summed E-state index contributed by atoms with van der Waals surface area (Å²) in [6.07, 6.45) is 4.71. The molecule has 0 bridgehead atoms. The van der Waals surface area contributed by atoms with Crippen molar-refractivity contribution in [2.75, 3.05) is 25.2 Å². The fourth-order valence-electron chi connectivity index (χ4n) is 3.67. The molecule has 2 fully saturated rings. The Kier molecular flexibility index (Phi) is 4.43. The van der Waals surface area contributed by atoms with Crippen LogP contribution in [0.25, 0.3) is 0 Å². The lowest BCUT2D eigenvalue weighted by atomic mass is 9.78. The molecule has 112 valence electrons. The summed E-state index contributed by atoms with van der Waals surface area (Å²) in [7, 11) is 2.04. The first kappa shape index (κ1) is 14.5. The van der Waals surface area contributed by atoms with Crippen LogP contribution in [0.3, 0.4) is 0 Å². The molecule has 0 radical (unpaired) electrons. The Balaban J connectivity index is 1.74. The van der Waals surface area contributed by atoms with E-state index in [0.29, 0.717) is 12.0 Å². The van der Waals surface area contributed by atoms with Crippen molar-refractivity contribution in [2.24, 2.45) is 5.92 Å². The van der Waals surface area contributed by atoms with Gasteiger partial charge in [-0.2, -0.15) is 11.8 Å². The zero-order valence-corrected chi connectivity index (χ0v) is 13.3. The molecule has 2 saturated heterocycles. The predicted octanol–water partition coefficient (Wildman–Crippen LogP) is 3.54. The summed E-state index contributed by atoms with van der Waals surface area (Å²) in [5.74, 6) is 5.18. The standard InChI is InChI=1S/C16H25NO2S/c1-12-3-4-14(19-12)15(17-2)13-5-8-18-16(11-13)6-9-20-10-7-16/h3-4,13,15,17H,5-11H2,1-2H3. The lowest BCUT2D eigenvalue weighted by Gasteiger charge is -2.45. The molecule has 4 heteroatoms. The Hall–Kier alpha value is -0.450. The molecule has 0 saturated carbocycles. The van der Waals surface area contributed by atoms with E-state index in [2.05, 4.69) is 29.2 Å². The normalized spacial score (nSPS) is 27.6. The van der Waals surface area contributed by atoms with E-state index in [0.717, 1.165) is 24.5 Å². The van der Waals surface area contributed by atoms with Crippen LogP contribution in [0.1, 0.15) is 43.2 Å². The summed E-state index contributed by atoms with van der Waals surface area (Å²) in [6, 6.07) is 4.50. The maximum absolute atomic E-state index is 6.20. The highest BCUT2D eigenvalue weighted by molar-refractivity contribution is 7.99. The SMILES string of the molecule is CNC(c1ccc(C)o1)C1CCOC2(CCSCC2)C1. The van der Waals surface area contributed by atoms with Crippen LogP contribution >= 0.6 is 11.8 Å². The van der Waals surface area contributed by atoms with Crippen molar-refractivity contribution in [1.82, 2.24) is 5.32 Å². The molecule has 1 aromatic rings. The minimum atomic E-state index is 0.144. The van der Waals surface area contributed by atoms with E-state index in [1.807, 2.05) is 14.0 Å². The van der Waals surface area contributed by atoms with Gasteiger partial charge in [0.15, 0.2) is 0 Å². The average Bonchev–Trinajstić information content (AvgIpc) is 2.87. The Morgan fingerprint density at radius 1 is 1.35 bits per heavy atom. The number of hydrogen-bond donors (Lipinski definition) is 1. The molecule has 2 unspecified atom stereocenters. The first-order valence-corrected chi connectivity index (χ1v) is 8.83. The largest absolute Gasteiger partial charge is 0.465 e. The van der Waals surface area contributed by atoms with Gasteiger partial charge in [0.2, 0.25) is 0 Å². The number of thioether (sulfide) groups is 1. The molecule has 3 nitrogen and oxygen atoms in total. The van der Waals surface area contributed by atoms with Crippen molar-refractivity contribution in [3.8, 4) is 0 Å². The number of hydrogen-bond acceptors (Lipinski definition) is 4. The van der Waals surface area contributed by atoms with Gasteiger partial charge >= 0.3 is 0 Å². The van der Waals surface area contributed by atoms with Crippen LogP contribution < -0.4 is 5.32 Å². The van der Waals surface area contributed by atoms with Crippen LogP contribution in [-0.2, 0) is 4.74 Å². The highest BCUT2D eigenvalue weighted by Gasteiger charge is 2.41. The van der Waals surface area contributed by atoms with E-state index >= 15 is 0 Å². The van der Waals surface area contributed by atoms with Crippen molar-refractivity contribution >= 4 is 11.8 Å². The summed E-state index contributed by atoms with van der Waals surface area (Å²) >= 11 is 2.06. The van der Waals surface area contributed by atoms with E-state index in [1.165, 1.54) is 30.8 Å². The molecule has 3 rings (SSSR count). The van der Waals surface area contributed by atoms with Crippen molar-refractivity contribution < 1.29 is 9.15 Å². The third-order valence-electron chi connectivity index (χ3n) is 4.79. The second kappa shape index (κ2) is 6.12. The third-order valence-corrected chi connectivity index (χ3v) is 5.77. The first-order chi connectivity index (χ1) is 9.72. The van der Waals surface area contributed by atoms with Crippen molar-refractivity contribution in [2.45, 2.75) is 44.2 Å². The second-order valence-electron chi connectivity index (χ2n) is 6.11. The van der Waals surface area contributed by atoms with Crippen molar-refractivity contribution in [3.05, 3.63) is 23.7 Å². The summed E-state index contributed by atoms with van der Waals surface area (Å²) in [4.78, 5) is 0. The molecule has 2 aliphatic heterocycles. The molecule has 2 atom stereocenters. The van der Waals surface area contributed by atoms with Gasteiger partial charge in [-0.1, -0.05) is 0 Å².